The molecule has 0 saturated carbocycles. The number of carbonyl (C=O) groups is 9. The fourth-order valence-corrected chi connectivity index (χ4v) is 6.07. The standard InChI is InChI=1S/C32H42N6O13S/c1-15(26(42)34-16(2)29(44)45)33-27(43)20(36-22(40)12-11-21(30(46)47)35-17(3)39)10-9-19-14-52-28(38-24(19)31(48)49)25(32(50)51)37-23(41)13-18-7-5-4-6-8-18/h4-8,15-16,20-21,25,28,38H,9-14H2,1-3H3,(H,33,43)(H,34,42)(H,35,39)(H,36,40)(H,37,41)(H,44,45)(H,46,47)(H,48,49)(H,50,51)/t15-,16-,20+,21-,25+,28-/m1/s1. The number of hydrogen-bond acceptors (Lipinski definition) is 11. The summed E-state index contributed by atoms with van der Waals surface area (Å²) in [6.07, 6.45) is -1.31. The molecule has 19 nitrogen and oxygen atoms in total. The summed E-state index contributed by atoms with van der Waals surface area (Å²) in [6, 6.07) is 1.62. The van der Waals surface area contributed by atoms with Crippen molar-refractivity contribution in [1.82, 2.24) is 31.9 Å². The minimum atomic E-state index is -1.53. The van der Waals surface area contributed by atoms with Gasteiger partial charge in [0, 0.05) is 19.1 Å². The highest BCUT2D eigenvalue weighted by Crippen LogP contribution is 2.28. The summed E-state index contributed by atoms with van der Waals surface area (Å²) in [5, 5.41) is 51.4. The molecule has 0 saturated heterocycles. The largest absolute Gasteiger partial charge is 0.480 e. The van der Waals surface area contributed by atoms with Crippen LogP contribution in [-0.2, 0) is 49.6 Å². The van der Waals surface area contributed by atoms with Crippen molar-refractivity contribution >= 4 is 65.2 Å². The van der Waals surface area contributed by atoms with Gasteiger partial charge in [-0.2, -0.15) is 0 Å². The van der Waals surface area contributed by atoms with Gasteiger partial charge in [-0.1, -0.05) is 30.3 Å². The molecule has 1 aromatic carbocycles. The van der Waals surface area contributed by atoms with Gasteiger partial charge in [0.05, 0.1) is 6.42 Å². The van der Waals surface area contributed by atoms with Crippen molar-refractivity contribution in [2.75, 3.05) is 5.75 Å². The summed E-state index contributed by atoms with van der Waals surface area (Å²) < 4.78 is 0. The van der Waals surface area contributed by atoms with Crippen LogP contribution in [0.1, 0.15) is 52.0 Å². The Balaban J connectivity index is 2.24. The van der Waals surface area contributed by atoms with Gasteiger partial charge in [0.25, 0.3) is 0 Å². The van der Waals surface area contributed by atoms with Crippen LogP contribution in [-0.4, -0.2) is 115 Å². The number of benzene rings is 1. The minimum absolute atomic E-state index is 0.0528. The van der Waals surface area contributed by atoms with E-state index in [1.54, 1.807) is 30.3 Å². The van der Waals surface area contributed by atoms with Crippen molar-refractivity contribution in [1.29, 1.82) is 0 Å². The molecule has 1 aliphatic heterocycles. The summed E-state index contributed by atoms with van der Waals surface area (Å²) in [7, 11) is 0. The normalized spacial score (nSPS) is 16.7. The Hall–Kier alpha value is -5.66. The lowest BCUT2D eigenvalue weighted by Gasteiger charge is -2.32. The summed E-state index contributed by atoms with van der Waals surface area (Å²) in [5.41, 5.74) is 0.470. The highest BCUT2D eigenvalue weighted by molar-refractivity contribution is 8.00. The van der Waals surface area contributed by atoms with Crippen molar-refractivity contribution < 1.29 is 63.6 Å². The van der Waals surface area contributed by atoms with Crippen molar-refractivity contribution in [3.8, 4) is 0 Å². The molecule has 1 heterocycles. The maximum atomic E-state index is 13.3. The van der Waals surface area contributed by atoms with Gasteiger partial charge >= 0.3 is 23.9 Å². The Labute approximate surface area is 301 Å². The number of thioether (sulfide) groups is 1. The Morgan fingerprint density at radius 2 is 1.38 bits per heavy atom. The van der Waals surface area contributed by atoms with E-state index in [1.807, 2.05) is 0 Å². The maximum Gasteiger partial charge on any atom is 0.351 e. The van der Waals surface area contributed by atoms with E-state index in [1.165, 1.54) is 13.8 Å². The number of amides is 5. The highest BCUT2D eigenvalue weighted by Gasteiger charge is 2.36. The lowest BCUT2D eigenvalue weighted by atomic mass is 10.0. The second-order valence-corrected chi connectivity index (χ2v) is 12.9. The third kappa shape index (κ3) is 13.9. The van der Waals surface area contributed by atoms with E-state index in [9.17, 15) is 58.5 Å². The van der Waals surface area contributed by atoms with Gasteiger partial charge in [-0.15, -0.1) is 11.8 Å². The minimum Gasteiger partial charge on any atom is -0.480 e. The molecule has 2 rings (SSSR count). The number of hydrogen-bond donors (Lipinski definition) is 10. The van der Waals surface area contributed by atoms with Crippen molar-refractivity contribution in [3.63, 3.8) is 0 Å². The molecule has 0 bridgehead atoms. The topological polar surface area (TPSA) is 307 Å². The van der Waals surface area contributed by atoms with Crippen molar-refractivity contribution in [2.24, 2.45) is 0 Å². The molecule has 52 heavy (non-hydrogen) atoms. The second-order valence-electron chi connectivity index (χ2n) is 11.8. The monoisotopic (exact) mass is 750 g/mol. The van der Waals surface area contributed by atoms with Gasteiger partial charge in [-0.05, 0) is 44.2 Å². The van der Waals surface area contributed by atoms with Crippen LogP contribution in [0.25, 0.3) is 0 Å². The highest BCUT2D eigenvalue weighted by atomic mass is 32.2. The van der Waals surface area contributed by atoms with Crippen LogP contribution in [0, 0.1) is 0 Å². The molecule has 1 aliphatic rings. The Morgan fingerprint density at radius 1 is 0.750 bits per heavy atom. The average molecular weight is 751 g/mol. The molecular weight excluding hydrogens is 708 g/mol. The lowest BCUT2D eigenvalue weighted by Crippen LogP contribution is -2.55. The van der Waals surface area contributed by atoms with E-state index in [2.05, 4.69) is 31.9 Å². The molecule has 6 atom stereocenters. The van der Waals surface area contributed by atoms with Crippen LogP contribution in [0.4, 0.5) is 0 Å². The molecule has 5 amide bonds. The third-order valence-electron chi connectivity index (χ3n) is 7.59. The molecular formula is C32H42N6O13S. The van der Waals surface area contributed by atoms with Crippen LogP contribution < -0.4 is 31.9 Å². The van der Waals surface area contributed by atoms with Crippen LogP contribution in [0.5, 0.6) is 0 Å². The smallest absolute Gasteiger partial charge is 0.351 e. The number of nitrogens with one attached hydrogen (secondary N) is 6. The summed E-state index contributed by atoms with van der Waals surface area (Å²) in [5.74, 6) is -9.49. The maximum absolute atomic E-state index is 13.3. The second kappa shape index (κ2) is 20.3. The van der Waals surface area contributed by atoms with Crippen LogP contribution in [0.3, 0.4) is 0 Å². The number of aliphatic carboxylic acids is 4. The van der Waals surface area contributed by atoms with E-state index < -0.39 is 95.4 Å². The fraction of sp³-hybridized carbons (Fsp3) is 0.469. The van der Waals surface area contributed by atoms with Crippen molar-refractivity contribution in [3.05, 3.63) is 47.2 Å². The molecule has 0 aliphatic carbocycles. The summed E-state index contributed by atoms with van der Waals surface area (Å²) in [4.78, 5) is 110. The quantitative estimate of drug-likeness (QED) is 0.0728. The lowest BCUT2D eigenvalue weighted by molar-refractivity contribution is -0.142. The molecule has 0 aromatic heterocycles. The summed E-state index contributed by atoms with van der Waals surface area (Å²) >= 11 is 0.986. The zero-order valence-electron chi connectivity index (χ0n) is 28.5. The van der Waals surface area contributed by atoms with E-state index in [0.717, 1.165) is 18.7 Å². The predicted molar refractivity (Wildman–Crippen MR) is 182 cm³/mol. The van der Waals surface area contributed by atoms with Gasteiger partial charge in [-0.25, -0.2) is 14.4 Å². The number of carbonyl (C=O) groups excluding carboxylic acids is 5. The van der Waals surface area contributed by atoms with Crippen LogP contribution in [0.15, 0.2) is 41.6 Å². The molecule has 0 unspecified atom stereocenters. The van der Waals surface area contributed by atoms with Gasteiger partial charge < -0.3 is 52.3 Å². The Morgan fingerprint density at radius 3 is 1.94 bits per heavy atom. The average Bonchev–Trinajstić information content (AvgIpc) is 3.07. The predicted octanol–water partition coefficient (Wildman–Crippen LogP) is -1.47. The van der Waals surface area contributed by atoms with Gasteiger partial charge in [0.1, 0.15) is 35.2 Å². The van der Waals surface area contributed by atoms with E-state index >= 15 is 0 Å². The molecule has 20 heteroatoms. The van der Waals surface area contributed by atoms with Crippen molar-refractivity contribution in [2.45, 2.75) is 88.5 Å². The molecule has 10 N–H and O–H groups in total. The molecule has 284 valence electrons. The Bertz CT molecular complexity index is 1570. The zero-order valence-corrected chi connectivity index (χ0v) is 29.3. The van der Waals surface area contributed by atoms with Crippen LogP contribution >= 0.6 is 11.8 Å². The van der Waals surface area contributed by atoms with Gasteiger partial charge in [0.2, 0.25) is 29.5 Å². The van der Waals surface area contributed by atoms with Gasteiger partial charge in [-0.3, -0.25) is 28.8 Å². The molecule has 0 radical (unpaired) electrons. The van der Waals surface area contributed by atoms with E-state index in [-0.39, 0.29) is 42.7 Å². The first-order valence-corrected chi connectivity index (χ1v) is 17.0. The van der Waals surface area contributed by atoms with Crippen LogP contribution in [0.2, 0.25) is 0 Å². The first-order chi connectivity index (χ1) is 24.4. The number of carboxylic acid groups (broad SMARTS) is 4. The molecule has 0 fully saturated rings. The first-order valence-electron chi connectivity index (χ1n) is 15.9. The van der Waals surface area contributed by atoms with E-state index in [0.29, 0.717) is 5.56 Å². The Kier molecular flexibility index (Phi) is 16.6. The number of rotatable bonds is 20. The van der Waals surface area contributed by atoms with E-state index in [4.69, 9.17) is 5.11 Å². The third-order valence-corrected chi connectivity index (χ3v) is 8.85. The zero-order chi connectivity index (χ0) is 39.1. The molecule has 0 spiro atoms. The number of carboxylic acids is 4. The van der Waals surface area contributed by atoms with Gasteiger partial charge in [0.15, 0.2) is 6.04 Å². The molecule has 1 aromatic rings. The first kappa shape index (κ1) is 42.5. The SMILES string of the molecule is CC(=O)N[C@H](CCC(=O)N[C@@H](CCC1=C(C(=O)O)N[C@@H]([C@H](NC(=O)Cc2ccccc2)C(=O)O)SC1)C(=O)N[C@H](C)C(=O)N[C@H](C)C(=O)O)C(=O)O. The summed E-state index contributed by atoms with van der Waals surface area (Å²) in [6.45, 7) is 3.56. The fourth-order valence-electron chi connectivity index (χ4n) is 4.82.